The van der Waals surface area contributed by atoms with E-state index in [1.807, 2.05) is 13.0 Å². The summed E-state index contributed by atoms with van der Waals surface area (Å²) in [6, 6.07) is 2.91. The monoisotopic (exact) mass is 318 g/mol. The van der Waals surface area contributed by atoms with E-state index in [1.165, 1.54) is 30.4 Å². The van der Waals surface area contributed by atoms with E-state index in [4.69, 9.17) is 0 Å². The predicted molar refractivity (Wildman–Crippen MR) is 91.6 cm³/mol. The van der Waals surface area contributed by atoms with Crippen LogP contribution >= 0.6 is 0 Å². The number of carbonyl (C=O) groups excluding carboxylic acids is 1. The number of rotatable bonds is 7. The highest BCUT2D eigenvalue weighted by molar-refractivity contribution is 5.74. The zero-order valence-electron chi connectivity index (χ0n) is 14.3. The van der Waals surface area contributed by atoms with Crippen molar-refractivity contribution in [1.82, 2.24) is 0 Å². The molecule has 126 valence electrons. The lowest BCUT2D eigenvalue weighted by atomic mass is 10.0. The number of esters is 1. The molecule has 1 aromatic carbocycles. The maximum absolute atomic E-state index is 11.4. The third kappa shape index (κ3) is 6.59. The summed E-state index contributed by atoms with van der Waals surface area (Å²) in [5.41, 5.74) is 3.50. The molecule has 0 atom stereocenters. The first kappa shape index (κ1) is 18.8. The lowest BCUT2D eigenvalue weighted by molar-refractivity contribution is -0.139. The first-order chi connectivity index (χ1) is 10.8. The number of phenolic OH excluding ortho intramolecular Hbond substituents is 2. The average molecular weight is 318 g/mol. The Kier molecular flexibility index (Phi) is 7.39. The molecule has 0 aliphatic carbocycles. The Bertz CT molecular complexity index is 608. The molecule has 0 aromatic heterocycles. The van der Waals surface area contributed by atoms with Crippen molar-refractivity contribution in [2.24, 2.45) is 0 Å². The quantitative estimate of drug-likeness (QED) is 0.452. The molecule has 0 aliphatic heterocycles. The molecular formula is C19H26O4. The SMILES string of the molecule is COC(=O)Cc1cc(O)cc(CC=C(C)CCC=C(C)C)c1O. The number of ether oxygens (including phenoxy) is 1. The minimum absolute atomic E-state index is 0.0345. The number of aromatic hydroxyl groups is 2. The lowest BCUT2D eigenvalue weighted by Crippen LogP contribution is -2.05. The second-order valence-corrected chi connectivity index (χ2v) is 5.94. The summed E-state index contributed by atoms with van der Waals surface area (Å²) in [4.78, 5) is 11.4. The van der Waals surface area contributed by atoms with Gasteiger partial charge in [-0.25, -0.2) is 0 Å². The van der Waals surface area contributed by atoms with Crippen molar-refractivity contribution in [3.8, 4) is 11.5 Å². The van der Waals surface area contributed by atoms with E-state index in [9.17, 15) is 15.0 Å². The van der Waals surface area contributed by atoms with Crippen LogP contribution in [-0.2, 0) is 22.4 Å². The van der Waals surface area contributed by atoms with Crippen LogP contribution in [0.4, 0.5) is 0 Å². The van der Waals surface area contributed by atoms with E-state index in [1.54, 1.807) is 0 Å². The fraction of sp³-hybridized carbons (Fsp3) is 0.421. The molecule has 2 N–H and O–H groups in total. The third-order valence-electron chi connectivity index (χ3n) is 3.58. The van der Waals surface area contributed by atoms with Crippen LogP contribution in [0.15, 0.2) is 35.4 Å². The number of allylic oxidation sites excluding steroid dienone is 4. The molecule has 4 heteroatoms. The molecule has 0 fully saturated rings. The maximum Gasteiger partial charge on any atom is 0.310 e. The molecule has 0 unspecified atom stereocenters. The Morgan fingerprint density at radius 3 is 2.39 bits per heavy atom. The Labute approximate surface area is 138 Å². The van der Waals surface area contributed by atoms with Gasteiger partial charge in [-0.2, -0.15) is 0 Å². The summed E-state index contributed by atoms with van der Waals surface area (Å²) in [6.45, 7) is 6.20. The molecule has 0 bridgehead atoms. The van der Waals surface area contributed by atoms with Crippen LogP contribution in [0.5, 0.6) is 11.5 Å². The highest BCUT2D eigenvalue weighted by Crippen LogP contribution is 2.29. The smallest absolute Gasteiger partial charge is 0.310 e. The highest BCUT2D eigenvalue weighted by atomic mass is 16.5. The van der Waals surface area contributed by atoms with Gasteiger partial charge in [-0.3, -0.25) is 4.79 Å². The zero-order valence-corrected chi connectivity index (χ0v) is 14.3. The van der Waals surface area contributed by atoms with Crippen LogP contribution < -0.4 is 0 Å². The van der Waals surface area contributed by atoms with Crippen molar-refractivity contribution < 1.29 is 19.7 Å². The van der Waals surface area contributed by atoms with Gasteiger partial charge in [0.05, 0.1) is 13.5 Å². The van der Waals surface area contributed by atoms with Gasteiger partial charge < -0.3 is 14.9 Å². The van der Waals surface area contributed by atoms with Crippen LogP contribution in [0.2, 0.25) is 0 Å². The van der Waals surface area contributed by atoms with Crippen LogP contribution in [0, 0.1) is 0 Å². The normalized spacial score (nSPS) is 11.2. The molecular weight excluding hydrogens is 292 g/mol. The number of phenols is 2. The van der Waals surface area contributed by atoms with Crippen LogP contribution in [0.25, 0.3) is 0 Å². The van der Waals surface area contributed by atoms with Gasteiger partial charge in [0.15, 0.2) is 0 Å². The average Bonchev–Trinajstić information content (AvgIpc) is 2.48. The van der Waals surface area contributed by atoms with Crippen LogP contribution in [0.1, 0.15) is 44.7 Å². The van der Waals surface area contributed by atoms with Crippen molar-refractivity contribution in [1.29, 1.82) is 0 Å². The van der Waals surface area contributed by atoms with Gasteiger partial charge in [0.25, 0.3) is 0 Å². The summed E-state index contributed by atoms with van der Waals surface area (Å²) in [5.74, 6) is -0.376. The molecule has 0 saturated heterocycles. The Morgan fingerprint density at radius 2 is 1.78 bits per heavy atom. The molecule has 1 aromatic rings. The lowest BCUT2D eigenvalue weighted by Gasteiger charge is -2.09. The summed E-state index contributed by atoms with van der Waals surface area (Å²) >= 11 is 0. The van der Waals surface area contributed by atoms with E-state index in [2.05, 4.69) is 24.7 Å². The van der Waals surface area contributed by atoms with Gasteiger partial charge in [-0.1, -0.05) is 23.3 Å². The Balaban J connectivity index is 2.83. The second kappa shape index (κ2) is 9.03. The van der Waals surface area contributed by atoms with Crippen molar-refractivity contribution >= 4 is 5.97 Å². The summed E-state index contributed by atoms with van der Waals surface area (Å²) in [5, 5.41) is 20.0. The molecule has 1 rings (SSSR count). The van der Waals surface area contributed by atoms with Crippen molar-refractivity contribution in [3.63, 3.8) is 0 Å². The highest BCUT2D eigenvalue weighted by Gasteiger charge is 2.13. The topological polar surface area (TPSA) is 66.8 Å². The molecule has 0 saturated carbocycles. The van der Waals surface area contributed by atoms with E-state index in [0.717, 1.165) is 12.8 Å². The number of hydrogen-bond donors (Lipinski definition) is 2. The second-order valence-electron chi connectivity index (χ2n) is 5.94. The van der Waals surface area contributed by atoms with Crippen LogP contribution in [-0.4, -0.2) is 23.3 Å². The molecule has 0 amide bonds. The van der Waals surface area contributed by atoms with E-state index in [-0.39, 0.29) is 17.9 Å². The van der Waals surface area contributed by atoms with Crippen molar-refractivity contribution in [3.05, 3.63) is 46.6 Å². The maximum atomic E-state index is 11.4. The van der Waals surface area contributed by atoms with Gasteiger partial charge >= 0.3 is 5.97 Å². The Morgan fingerprint density at radius 1 is 1.13 bits per heavy atom. The van der Waals surface area contributed by atoms with Crippen LogP contribution in [0.3, 0.4) is 0 Å². The third-order valence-corrected chi connectivity index (χ3v) is 3.58. The molecule has 0 heterocycles. The standard InChI is InChI=1S/C19H26O4/c1-13(2)6-5-7-14(3)8-9-15-10-17(20)11-16(19(15)22)12-18(21)23-4/h6,8,10-11,20,22H,5,7,9,12H2,1-4H3. The van der Waals surface area contributed by atoms with Gasteiger partial charge in [-0.05, 0) is 52.2 Å². The number of carbonyl (C=O) groups is 1. The van der Waals surface area contributed by atoms with Gasteiger partial charge in [0.1, 0.15) is 11.5 Å². The minimum atomic E-state index is -0.453. The molecule has 0 radical (unpaired) electrons. The predicted octanol–water partition coefficient (Wildman–Crippen LogP) is 4.05. The fourth-order valence-corrected chi connectivity index (χ4v) is 2.23. The fourth-order valence-electron chi connectivity index (χ4n) is 2.23. The summed E-state index contributed by atoms with van der Waals surface area (Å²) in [6.07, 6.45) is 6.62. The zero-order chi connectivity index (χ0) is 17.4. The molecule has 23 heavy (non-hydrogen) atoms. The molecule has 0 aliphatic rings. The number of hydrogen-bond acceptors (Lipinski definition) is 4. The molecule has 4 nitrogen and oxygen atoms in total. The summed E-state index contributed by atoms with van der Waals surface area (Å²) in [7, 11) is 1.29. The molecule has 0 spiro atoms. The van der Waals surface area contributed by atoms with Crippen molar-refractivity contribution in [2.45, 2.75) is 46.5 Å². The van der Waals surface area contributed by atoms with Gasteiger partial charge in [0.2, 0.25) is 0 Å². The largest absolute Gasteiger partial charge is 0.508 e. The van der Waals surface area contributed by atoms with E-state index in [0.29, 0.717) is 17.5 Å². The Hall–Kier alpha value is -2.23. The van der Waals surface area contributed by atoms with Crippen molar-refractivity contribution in [2.75, 3.05) is 7.11 Å². The van der Waals surface area contributed by atoms with E-state index >= 15 is 0 Å². The van der Waals surface area contributed by atoms with E-state index < -0.39 is 5.97 Å². The number of methoxy groups -OCH3 is 1. The number of benzene rings is 1. The summed E-state index contributed by atoms with van der Waals surface area (Å²) < 4.78 is 4.60. The first-order valence-electron chi connectivity index (χ1n) is 7.73. The van der Waals surface area contributed by atoms with Gasteiger partial charge in [0, 0.05) is 11.1 Å². The van der Waals surface area contributed by atoms with Gasteiger partial charge in [-0.15, -0.1) is 0 Å². The minimum Gasteiger partial charge on any atom is -0.508 e. The first-order valence-corrected chi connectivity index (χ1v) is 7.73.